The summed E-state index contributed by atoms with van der Waals surface area (Å²) in [6, 6.07) is 63.6. The average Bonchev–Trinajstić information content (AvgIpc) is 3.12. The molecule has 2 heteroatoms. The van der Waals surface area contributed by atoms with Crippen LogP contribution < -0.4 is 9.80 Å². The largest absolute Gasteiger partial charge is 0.345 e. The molecule has 2 nitrogen and oxygen atoms in total. The van der Waals surface area contributed by atoms with E-state index in [1.807, 2.05) is 0 Å². The molecule has 0 spiro atoms. The summed E-state index contributed by atoms with van der Waals surface area (Å²) in [5, 5.41) is 7.56. The zero-order valence-corrected chi connectivity index (χ0v) is 25.8. The Morgan fingerprint density at radius 1 is 0.326 bits per heavy atom. The molecular formula is C44H34N2. The number of benzene rings is 8. The number of rotatable bonds is 7. The van der Waals surface area contributed by atoms with Crippen molar-refractivity contribution >= 4 is 60.8 Å². The summed E-state index contributed by atoms with van der Waals surface area (Å²) in [4.78, 5) is 4.59. The molecule has 8 aromatic carbocycles. The Labute approximate surface area is 270 Å². The van der Waals surface area contributed by atoms with Gasteiger partial charge in [0.2, 0.25) is 0 Å². The van der Waals surface area contributed by atoms with E-state index in [2.05, 4.69) is 193 Å². The monoisotopic (exact) mass is 590 g/mol. The Hall–Kier alpha value is -5.86. The summed E-state index contributed by atoms with van der Waals surface area (Å²) in [5.74, 6) is 0. The number of para-hydroxylation sites is 1. The molecular weight excluding hydrogens is 556 g/mol. The van der Waals surface area contributed by atoms with Crippen molar-refractivity contribution in [3.05, 3.63) is 187 Å². The highest BCUT2D eigenvalue weighted by atomic mass is 15.1. The standard InChI is InChI=1S/C44H34N2/c1-45(43-25-20-38-28-35-10-7-8-11-36(35)29-39(38)31-43)40-21-15-32(16-22-40)27-33-17-23-42(24-18-33)46(41-13-3-2-4-14-41)44-26-19-34-9-5-6-12-37(34)30-44/h2-26,28-31H,27H2,1H3. The third-order valence-electron chi connectivity index (χ3n) is 9.01. The van der Waals surface area contributed by atoms with Crippen molar-refractivity contribution in [1.29, 1.82) is 0 Å². The van der Waals surface area contributed by atoms with Gasteiger partial charge in [-0.25, -0.2) is 0 Å². The number of nitrogens with zero attached hydrogens (tertiary/aromatic N) is 2. The summed E-state index contributed by atoms with van der Waals surface area (Å²) in [6.07, 6.45) is 0.884. The van der Waals surface area contributed by atoms with Crippen LogP contribution in [0.2, 0.25) is 0 Å². The lowest BCUT2D eigenvalue weighted by Gasteiger charge is -2.26. The van der Waals surface area contributed by atoms with Gasteiger partial charge in [-0.15, -0.1) is 0 Å². The third kappa shape index (κ3) is 5.46. The highest BCUT2D eigenvalue weighted by Crippen LogP contribution is 2.36. The van der Waals surface area contributed by atoms with Crippen LogP contribution in [0.25, 0.3) is 32.3 Å². The Balaban J connectivity index is 1.01. The van der Waals surface area contributed by atoms with Crippen LogP contribution in [-0.2, 0) is 6.42 Å². The Bertz CT molecular complexity index is 2290. The summed E-state index contributed by atoms with van der Waals surface area (Å²) >= 11 is 0. The van der Waals surface area contributed by atoms with Gasteiger partial charge in [0.05, 0.1) is 0 Å². The number of hydrogen-bond donors (Lipinski definition) is 0. The molecule has 0 aliphatic heterocycles. The molecule has 0 atom stereocenters. The second-order valence-electron chi connectivity index (χ2n) is 12.0. The first kappa shape index (κ1) is 27.7. The topological polar surface area (TPSA) is 6.48 Å². The predicted molar refractivity (Wildman–Crippen MR) is 197 cm³/mol. The fourth-order valence-electron chi connectivity index (χ4n) is 6.46. The van der Waals surface area contributed by atoms with Crippen molar-refractivity contribution in [3.8, 4) is 0 Å². The van der Waals surface area contributed by atoms with Crippen LogP contribution in [-0.4, -0.2) is 7.05 Å². The van der Waals surface area contributed by atoms with Gasteiger partial charge in [-0.2, -0.15) is 0 Å². The molecule has 8 aromatic rings. The maximum absolute atomic E-state index is 2.33. The molecule has 8 rings (SSSR count). The second kappa shape index (κ2) is 11.9. The lowest BCUT2D eigenvalue weighted by atomic mass is 10.0. The molecule has 0 aromatic heterocycles. The molecule has 0 aliphatic rings. The molecule has 0 fully saturated rings. The van der Waals surface area contributed by atoms with Gasteiger partial charge in [0.15, 0.2) is 0 Å². The maximum Gasteiger partial charge on any atom is 0.0468 e. The van der Waals surface area contributed by atoms with Crippen LogP contribution in [0.4, 0.5) is 28.4 Å². The van der Waals surface area contributed by atoms with E-state index in [-0.39, 0.29) is 0 Å². The van der Waals surface area contributed by atoms with Crippen LogP contribution in [0.1, 0.15) is 11.1 Å². The van der Waals surface area contributed by atoms with Gasteiger partial charge in [-0.3, -0.25) is 0 Å². The Kier molecular flexibility index (Phi) is 7.16. The van der Waals surface area contributed by atoms with E-state index in [9.17, 15) is 0 Å². The Morgan fingerprint density at radius 2 is 0.761 bits per heavy atom. The zero-order valence-electron chi connectivity index (χ0n) is 25.8. The van der Waals surface area contributed by atoms with E-state index in [0.29, 0.717) is 0 Å². The van der Waals surface area contributed by atoms with Crippen molar-refractivity contribution in [2.75, 3.05) is 16.8 Å². The predicted octanol–water partition coefficient (Wildman–Crippen LogP) is 12.0. The fourth-order valence-corrected chi connectivity index (χ4v) is 6.46. The SMILES string of the molecule is CN(c1ccc(Cc2ccc(N(c3ccccc3)c3ccc4ccccc4c3)cc2)cc1)c1ccc2cc3ccccc3cc2c1. The minimum absolute atomic E-state index is 0.884. The molecule has 0 bridgehead atoms. The van der Waals surface area contributed by atoms with Crippen molar-refractivity contribution in [2.45, 2.75) is 6.42 Å². The first-order valence-corrected chi connectivity index (χ1v) is 15.9. The van der Waals surface area contributed by atoms with Gasteiger partial charge in [0.25, 0.3) is 0 Å². The molecule has 0 amide bonds. The van der Waals surface area contributed by atoms with Crippen LogP contribution in [0.15, 0.2) is 176 Å². The molecule has 0 radical (unpaired) electrons. The van der Waals surface area contributed by atoms with Crippen LogP contribution in [0, 0.1) is 0 Å². The minimum atomic E-state index is 0.884. The molecule has 0 saturated carbocycles. The van der Waals surface area contributed by atoms with Crippen molar-refractivity contribution < 1.29 is 0 Å². The fraction of sp³-hybridized carbons (Fsp3) is 0.0455. The van der Waals surface area contributed by atoms with Gasteiger partial charge in [0.1, 0.15) is 0 Å². The molecule has 0 saturated heterocycles. The Morgan fingerprint density at radius 3 is 1.43 bits per heavy atom. The van der Waals surface area contributed by atoms with Crippen LogP contribution in [0.3, 0.4) is 0 Å². The molecule has 220 valence electrons. The molecule has 0 unspecified atom stereocenters. The number of anilines is 5. The second-order valence-corrected chi connectivity index (χ2v) is 12.0. The average molecular weight is 591 g/mol. The zero-order chi connectivity index (χ0) is 30.9. The summed E-state index contributed by atoms with van der Waals surface area (Å²) in [6.45, 7) is 0. The highest BCUT2D eigenvalue weighted by molar-refractivity contribution is 5.99. The van der Waals surface area contributed by atoms with Gasteiger partial charge >= 0.3 is 0 Å². The van der Waals surface area contributed by atoms with E-state index in [1.54, 1.807) is 0 Å². The maximum atomic E-state index is 2.33. The minimum Gasteiger partial charge on any atom is -0.345 e. The molecule has 0 heterocycles. The van der Waals surface area contributed by atoms with E-state index >= 15 is 0 Å². The smallest absolute Gasteiger partial charge is 0.0468 e. The summed E-state index contributed by atoms with van der Waals surface area (Å²) in [7, 11) is 2.14. The van der Waals surface area contributed by atoms with Gasteiger partial charge in [0, 0.05) is 35.5 Å². The number of hydrogen-bond acceptors (Lipinski definition) is 2. The van der Waals surface area contributed by atoms with Crippen molar-refractivity contribution in [3.63, 3.8) is 0 Å². The van der Waals surface area contributed by atoms with E-state index < -0.39 is 0 Å². The van der Waals surface area contributed by atoms with E-state index in [0.717, 1.165) is 23.5 Å². The quantitative estimate of drug-likeness (QED) is 0.170. The van der Waals surface area contributed by atoms with Gasteiger partial charge in [-0.1, -0.05) is 103 Å². The van der Waals surface area contributed by atoms with Crippen LogP contribution in [0.5, 0.6) is 0 Å². The molecule has 0 aliphatic carbocycles. The lowest BCUT2D eigenvalue weighted by Crippen LogP contribution is -2.10. The third-order valence-corrected chi connectivity index (χ3v) is 9.01. The molecule has 46 heavy (non-hydrogen) atoms. The summed E-state index contributed by atoms with van der Waals surface area (Å²) < 4.78 is 0. The first-order valence-electron chi connectivity index (χ1n) is 15.9. The highest BCUT2D eigenvalue weighted by Gasteiger charge is 2.13. The van der Waals surface area contributed by atoms with E-state index in [1.165, 1.54) is 54.8 Å². The van der Waals surface area contributed by atoms with Crippen molar-refractivity contribution in [2.24, 2.45) is 0 Å². The normalized spacial score (nSPS) is 11.2. The first-order chi connectivity index (χ1) is 22.7. The van der Waals surface area contributed by atoms with E-state index in [4.69, 9.17) is 0 Å². The van der Waals surface area contributed by atoms with Crippen LogP contribution >= 0.6 is 0 Å². The van der Waals surface area contributed by atoms with Gasteiger partial charge in [-0.05, 0) is 123 Å². The van der Waals surface area contributed by atoms with Gasteiger partial charge < -0.3 is 9.80 Å². The lowest BCUT2D eigenvalue weighted by molar-refractivity contribution is 1.17. The molecule has 0 N–H and O–H groups in total. The van der Waals surface area contributed by atoms with Crippen molar-refractivity contribution in [1.82, 2.24) is 0 Å². The number of fused-ring (bicyclic) bond motifs is 3. The summed E-state index contributed by atoms with van der Waals surface area (Å²) in [5.41, 5.74) is 8.38.